The van der Waals surface area contributed by atoms with Crippen molar-refractivity contribution in [2.45, 2.75) is 20.3 Å². The average molecular weight is 194 g/mol. The number of allylic oxidation sites excluding steroid dienone is 1. The van der Waals surface area contributed by atoms with Gasteiger partial charge < -0.3 is 9.15 Å². The van der Waals surface area contributed by atoms with E-state index in [1.165, 1.54) is 13.2 Å². The summed E-state index contributed by atoms with van der Waals surface area (Å²) in [7, 11) is 1.54. The fraction of sp³-hybridized carbons (Fsp3) is 0.364. The number of methoxy groups -OCH3 is 1. The highest BCUT2D eigenvalue weighted by Gasteiger charge is 2.06. The highest BCUT2D eigenvalue weighted by atomic mass is 16.5. The summed E-state index contributed by atoms with van der Waals surface area (Å²) < 4.78 is 10.1. The van der Waals surface area contributed by atoms with Crippen molar-refractivity contribution >= 4 is 6.08 Å². The van der Waals surface area contributed by atoms with E-state index in [0.29, 0.717) is 11.5 Å². The molecule has 76 valence electrons. The van der Waals surface area contributed by atoms with Gasteiger partial charge in [0.1, 0.15) is 11.5 Å². The molecule has 0 unspecified atom stereocenters. The minimum atomic E-state index is -0.381. The van der Waals surface area contributed by atoms with Crippen molar-refractivity contribution in [2.24, 2.45) is 0 Å². The number of hydrogen-bond acceptors (Lipinski definition) is 3. The Kier molecular flexibility index (Phi) is 3.51. The Morgan fingerprint density at radius 2 is 2.29 bits per heavy atom. The Labute approximate surface area is 83.0 Å². The van der Waals surface area contributed by atoms with Crippen LogP contribution in [0.25, 0.3) is 6.08 Å². The first-order valence-electron chi connectivity index (χ1n) is 4.54. The summed E-state index contributed by atoms with van der Waals surface area (Å²) in [5.41, 5.74) is 0.446. The Bertz CT molecular complexity index is 388. The molecule has 0 radical (unpaired) electrons. The van der Waals surface area contributed by atoms with E-state index >= 15 is 0 Å². The molecular weight excluding hydrogens is 180 g/mol. The first-order valence-corrected chi connectivity index (χ1v) is 4.54. The third-order valence-electron chi connectivity index (χ3n) is 1.89. The Balaban J connectivity index is 3.25. The van der Waals surface area contributed by atoms with E-state index in [4.69, 9.17) is 9.15 Å². The summed E-state index contributed by atoms with van der Waals surface area (Å²) in [6, 6.07) is 1.35. The van der Waals surface area contributed by atoms with Crippen molar-refractivity contribution in [3.05, 3.63) is 33.9 Å². The van der Waals surface area contributed by atoms with Gasteiger partial charge in [-0.1, -0.05) is 19.1 Å². The minimum absolute atomic E-state index is 0.381. The van der Waals surface area contributed by atoms with Gasteiger partial charge in [0.2, 0.25) is 0 Å². The molecule has 3 nitrogen and oxygen atoms in total. The molecule has 1 aromatic heterocycles. The van der Waals surface area contributed by atoms with Crippen LogP contribution in [0.15, 0.2) is 21.4 Å². The standard InChI is InChI=1S/C11H14O3/c1-4-5-6-9-8(2)14-11(12)7-10(9)13-3/h5-7H,4H2,1-3H3. The van der Waals surface area contributed by atoms with Crippen LogP contribution in [0.2, 0.25) is 0 Å². The number of ether oxygens (including phenoxy) is 1. The molecular formula is C11H14O3. The second kappa shape index (κ2) is 4.65. The minimum Gasteiger partial charge on any atom is -0.496 e. The first-order chi connectivity index (χ1) is 6.69. The monoisotopic (exact) mass is 194 g/mol. The summed E-state index contributed by atoms with van der Waals surface area (Å²) in [6.45, 7) is 3.79. The molecule has 1 rings (SSSR count). The molecule has 0 saturated carbocycles. The lowest BCUT2D eigenvalue weighted by atomic mass is 10.2. The van der Waals surface area contributed by atoms with Crippen LogP contribution >= 0.6 is 0 Å². The maximum atomic E-state index is 11.0. The zero-order valence-corrected chi connectivity index (χ0v) is 8.66. The Morgan fingerprint density at radius 1 is 1.57 bits per heavy atom. The molecule has 0 fully saturated rings. The normalized spacial score (nSPS) is 10.8. The maximum Gasteiger partial charge on any atom is 0.339 e. The van der Waals surface area contributed by atoms with Crippen molar-refractivity contribution in [1.82, 2.24) is 0 Å². The third-order valence-corrected chi connectivity index (χ3v) is 1.89. The van der Waals surface area contributed by atoms with E-state index in [9.17, 15) is 4.79 Å². The number of rotatable bonds is 3. The molecule has 0 aliphatic rings. The molecule has 0 saturated heterocycles. The third kappa shape index (κ3) is 2.25. The first kappa shape index (κ1) is 10.6. The molecule has 0 amide bonds. The van der Waals surface area contributed by atoms with Crippen molar-refractivity contribution in [3.63, 3.8) is 0 Å². The van der Waals surface area contributed by atoms with Gasteiger partial charge in [0, 0.05) is 0 Å². The van der Waals surface area contributed by atoms with Crippen LogP contribution < -0.4 is 10.4 Å². The summed E-state index contributed by atoms with van der Waals surface area (Å²) in [4.78, 5) is 11.0. The summed E-state index contributed by atoms with van der Waals surface area (Å²) in [5, 5.41) is 0. The van der Waals surface area contributed by atoms with E-state index in [1.54, 1.807) is 6.92 Å². The van der Waals surface area contributed by atoms with Crippen LogP contribution in [-0.2, 0) is 0 Å². The molecule has 0 aromatic carbocycles. The molecule has 1 heterocycles. The van der Waals surface area contributed by atoms with Crippen molar-refractivity contribution < 1.29 is 9.15 Å². The highest BCUT2D eigenvalue weighted by molar-refractivity contribution is 5.58. The quantitative estimate of drug-likeness (QED) is 0.741. The summed E-state index contributed by atoms with van der Waals surface area (Å²) in [5.74, 6) is 1.14. The van der Waals surface area contributed by atoms with Crippen molar-refractivity contribution in [3.8, 4) is 5.75 Å². The summed E-state index contributed by atoms with van der Waals surface area (Å²) in [6.07, 6.45) is 4.82. The van der Waals surface area contributed by atoms with Crippen LogP contribution in [0.1, 0.15) is 24.7 Å². The predicted octanol–water partition coefficient (Wildman–Crippen LogP) is 2.38. The SMILES string of the molecule is CCC=Cc1c(OC)cc(=O)oc1C. The topological polar surface area (TPSA) is 39.4 Å². The lowest BCUT2D eigenvalue weighted by Crippen LogP contribution is -2.02. The Morgan fingerprint density at radius 3 is 2.86 bits per heavy atom. The van der Waals surface area contributed by atoms with Crippen LogP contribution in [-0.4, -0.2) is 7.11 Å². The lowest BCUT2D eigenvalue weighted by molar-refractivity contribution is 0.395. The van der Waals surface area contributed by atoms with Gasteiger partial charge in [-0.15, -0.1) is 0 Å². The van der Waals surface area contributed by atoms with Crippen LogP contribution in [0.4, 0.5) is 0 Å². The zero-order valence-electron chi connectivity index (χ0n) is 8.66. The molecule has 0 N–H and O–H groups in total. The molecule has 1 aromatic rings. The zero-order chi connectivity index (χ0) is 10.6. The highest BCUT2D eigenvalue weighted by Crippen LogP contribution is 2.21. The molecule has 0 aliphatic heterocycles. The fourth-order valence-corrected chi connectivity index (χ4v) is 1.20. The Hall–Kier alpha value is -1.51. The number of hydrogen-bond donors (Lipinski definition) is 0. The molecule has 14 heavy (non-hydrogen) atoms. The van der Waals surface area contributed by atoms with Gasteiger partial charge in [0.15, 0.2) is 0 Å². The van der Waals surface area contributed by atoms with Crippen LogP contribution in [0.5, 0.6) is 5.75 Å². The fourth-order valence-electron chi connectivity index (χ4n) is 1.20. The van der Waals surface area contributed by atoms with Gasteiger partial charge in [-0.05, 0) is 13.3 Å². The lowest BCUT2D eigenvalue weighted by Gasteiger charge is -2.05. The molecule has 0 atom stereocenters. The van der Waals surface area contributed by atoms with Gasteiger partial charge in [-0.25, -0.2) is 4.79 Å². The molecule has 0 spiro atoms. The van der Waals surface area contributed by atoms with E-state index in [-0.39, 0.29) is 5.63 Å². The molecule has 3 heteroatoms. The van der Waals surface area contributed by atoms with E-state index < -0.39 is 0 Å². The van der Waals surface area contributed by atoms with Gasteiger partial charge in [0.25, 0.3) is 0 Å². The summed E-state index contributed by atoms with van der Waals surface area (Å²) >= 11 is 0. The molecule has 0 bridgehead atoms. The number of aryl methyl sites for hydroxylation is 1. The van der Waals surface area contributed by atoms with E-state index in [0.717, 1.165) is 12.0 Å². The van der Waals surface area contributed by atoms with Crippen molar-refractivity contribution in [2.75, 3.05) is 7.11 Å². The second-order valence-electron chi connectivity index (χ2n) is 2.91. The maximum absolute atomic E-state index is 11.0. The molecule has 0 aliphatic carbocycles. The van der Waals surface area contributed by atoms with Gasteiger partial charge in [0.05, 0.1) is 18.7 Å². The van der Waals surface area contributed by atoms with E-state index in [1.807, 2.05) is 19.1 Å². The smallest absolute Gasteiger partial charge is 0.339 e. The predicted molar refractivity (Wildman–Crippen MR) is 55.6 cm³/mol. The van der Waals surface area contributed by atoms with Crippen molar-refractivity contribution in [1.29, 1.82) is 0 Å². The average Bonchev–Trinajstić information content (AvgIpc) is 2.15. The van der Waals surface area contributed by atoms with Crippen LogP contribution in [0, 0.1) is 6.92 Å². The van der Waals surface area contributed by atoms with Gasteiger partial charge >= 0.3 is 5.63 Å². The van der Waals surface area contributed by atoms with Crippen LogP contribution in [0.3, 0.4) is 0 Å². The van der Waals surface area contributed by atoms with Gasteiger partial charge in [-0.2, -0.15) is 0 Å². The van der Waals surface area contributed by atoms with E-state index in [2.05, 4.69) is 0 Å². The second-order valence-corrected chi connectivity index (χ2v) is 2.91. The van der Waals surface area contributed by atoms with Gasteiger partial charge in [-0.3, -0.25) is 0 Å². The largest absolute Gasteiger partial charge is 0.496 e.